The van der Waals surface area contributed by atoms with Crippen LogP contribution in [-0.4, -0.2) is 59.6 Å². The fourth-order valence-corrected chi connectivity index (χ4v) is 4.10. The molecule has 4 amide bonds. The summed E-state index contributed by atoms with van der Waals surface area (Å²) >= 11 is 5.84. The number of alkyl halides is 4. The van der Waals surface area contributed by atoms with E-state index in [0.717, 1.165) is 6.07 Å². The minimum Gasteiger partial charge on any atom is -0.366 e. The van der Waals surface area contributed by atoms with Gasteiger partial charge in [-0.15, -0.1) is 11.6 Å². The first-order valence-electron chi connectivity index (χ1n) is 10.9. The van der Waals surface area contributed by atoms with E-state index >= 15 is 0 Å². The molecule has 1 unspecified atom stereocenters. The summed E-state index contributed by atoms with van der Waals surface area (Å²) in [5.74, 6) is -5.51. The number of amides is 4. The van der Waals surface area contributed by atoms with Crippen LogP contribution in [0.3, 0.4) is 0 Å². The lowest BCUT2D eigenvalue weighted by Gasteiger charge is -2.33. The van der Waals surface area contributed by atoms with Crippen LogP contribution < -0.4 is 21.3 Å². The molecule has 1 saturated carbocycles. The number of benzene rings is 1. The molecule has 0 bridgehead atoms. The molecule has 1 aliphatic carbocycles. The number of carbonyl (C=O) groups is 5. The SMILES string of the molecule is NC(=O)c1cccc(N(C(=O)C(Cl)CC(F)(F)F)[C@@H](C[C@@H]2CCNC2=O)C(=O)C(=O)NC2CC2)c1. The molecule has 1 aromatic carbocycles. The molecule has 1 aliphatic heterocycles. The Bertz CT molecular complexity index is 1030. The lowest BCUT2D eigenvalue weighted by Crippen LogP contribution is -2.54. The van der Waals surface area contributed by atoms with Gasteiger partial charge in [0.25, 0.3) is 5.91 Å². The highest BCUT2D eigenvalue weighted by molar-refractivity contribution is 6.40. The first kappa shape index (κ1) is 26.5. The first-order chi connectivity index (χ1) is 16.4. The van der Waals surface area contributed by atoms with Crippen LogP contribution in [-0.2, 0) is 19.2 Å². The largest absolute Gasteiger partial charge is 0.391 e. The van der Waals surface area contributed by atoms with Crippen molar-refractivity contribution in [1.82, 2.24) is 10.6 Å². The van der Waals surface area contributed by atoms with E-state index in [1.807, 2.05) is 0 Å². The van der Waals surface area contributed by atoms with Gasteiger partial charge in [0.15, 0.2) is 0 Å². The average molecular weight is 517 g/mol. The van der Waals surface area contributed by atoms with E-state index < -0.39 is 59.3 Å². The minimum absolute atomic E-state index is 0.0884. The summed E-state index contributed by atoms with van der Waals surface area (Å²) in [5, 5.41) is 2.95. The molecular weight excluding hydrogens is 493 g/mol. The summed E-state index contributed by atoms with van der Waals surface area (Å²) in [6, 6.07) is 3.16. The number of carbonyl (C=O) groups excluding carboxylic acids is 5. The Hall–Kier alpha value is -3.15. The fraction of sp³-hybridized carbons (Fsp3) is 0.500. The van der Waals surface area contributed by atoms with Gasteiger partial charge in [0.2, 0.25) is 23.5 Å². The molecule has 1 aromatic rings. The van der Waals surface area contributed by atoms with E-state index in [9.17, 15) is 37.1 Å². The zero-order chi connectivity index (χ0) is 25.9. The summed E-state index contributed by atoms with van der Waals surface area (Å²) in [7, 11) is 0. The normalized spacial score (nSPS) is 19.4. The average Bonchev–Trinajstić information content (AvgIpc) is 3.50. The van der Waals surface area contributed by atoms with Crippen molar-refractivity contribution in [3.8, 4) is 0 Å². The van der Waals surface area contributed by atoms with Gasteiger partial charge in [-0.3, -0.25) is 24.0 Å². The van der Waals surface area contributed by atoms with Gasteiger partial charge in [-0.2, -0.15) is 13.2 Å². The molecule has 0 spiro atoms. The van der Waals surface area contributed by atoms with Gasteiger partial charge >= 0.3 is 6.18 Å². The van der Waals surface area contributed by atoms with E-state index in [1.165, 1.54) is 18.2 Å². The van der Waals surface area contributed by atoms with Gasteiger partial charge in [-0.25, -0.2) is 0 Å². The molecular formula is C22H24ClF3N4O5. The van der Waals surface area contributed by atoms with Gasteiger partial charge in [-0.1, -0.05) is 6.07 Å². The highest BCUT2D eigenvalue weighted by Crippen LogP contribution is 2.31. The third-order valence-electron chi connectivity index (χ3n) is 5.75. The fourth-order valence-electron chi connectivity index (χ4n) is 3.82. The quantitative estimate of drug-likeness (QED) is 0.319. The van der Waals surface area contributed by atoms with Gasteiger partial charge in [0, 0.05) is 29.8 Å². The first-order valence-corrected chi connectivity index (χ1v) is 11.4. The van der Waals surface area contributed by atoms with Crippen LogP contribution in [0.15, 0.2) is 24.3 Å². The maximum atomic E-state index is 13.3. The highest BCUT2D eigenvalue weighted by Gasteiger charge is 2.44. The van der Waals surface area contributed by atoms with Gasteiger partial charge < -0.3 is 21.3 Å². The van der Waals surface area contributed by atoms with Crippen molar-refractivity contribution >= 4 is 46.7 Å². The van der Waals surface area contributed by atoms with Crippen molar-refractivity contribution in [2.45, 2.75) is 55.7 Å². The summed E-state index contributed by atoms with van der Waals surface area (Å²) in [4.78, 5) is 63.7. The maximum Gasteiger partial charge on any atom is 0.391 e. The number of hydrogen-bond acceptors (Lipinski definition) is 5. The molecule has 190 valence electrons. The number of nitrogens with two attached hydrogens (primary N) is 1. The van der Waals surface area contributed by atoms with Crippen molar-refractivity contribution in [3.63, 3.8) is 0 Å². The Labute approximate surface area is 203 Å². The number of primary amides is 1. The third kappa shape index (κ3) is 6.93. The van der Waals surface area contributed by atoms with E-state index in [2.05, 4.69) is 10.6 Å². The number of hydrogen-bond donors (Lipinski definition) is 3. The van der Waals surface area contributed by atoms with Crippen LogP contribution in [0.1, 0.15) is 42.5 Å². The second kappa shape index (κ2) is 10.6. The van der Waals surface area contributed by atoms with Crippen molar-refractivity contribution in [3.05, 3.63) is 29.8 Å². The number of rotatable bonds is 10. The highest BCUT2D eigenvalue weighted by atomic mass is 35.5. The lowest BCUT2D eigenvalue weighted by molar-refractivity contribution is -0.143. The van der Waals surface area contributed by atoms with Crippen LogP contribution in [0, 0.1) is 5.92 Å². The zero-order valence-electron chi connectivity index (χ0n) is 18.4. The number of halogens is 4. The number of nitrogens with one attached hydrogen (secondary N) is 2. The Morgan fingerprint density at radius 2 is 1.89 bits per heavy atom. The van der Waals surface area contributed by atoms with Gasteiger partial charge in [0.05, 0.1) is 6.42 Å². The summed E-state index contributed by atoms with van der Waals surface area (Å²) in [6.45, 7) is 0.302. The molecule has 13 heteroatoms. The second-order valence-electron chi connectivity index (χ2n) is 8.55. The van der Waals surface area contributed by atoms with Crippen LogP contribution in [0.5, 0.6) is 0 Å². The van der Waals surface area contributed by atoms with E-state index in [0.29, 0.717) is 30.7 Å². The molecule has 2 aliphatic rings. The molecule has 0 aromatic heterocycles. The van der Waals surface area contributed by atoms with Crippen molar-refractivity contribution in [1.29, 1.82) is 0 Å². The van der Waals surface area contributed by atoms with E-state index in [1.54, 1.807) is 0 Å². The van der Waals surface area contributed by atoms with E-state index in [-0.39, 0.29) is 23.7 Å². The smallest absolute Gasteiger partial charge is 0.366 e. The number of ketones is 1. The van der Waals surface area contributed by atoms with Crippen LogP contribution in [0.25, 0.3) is 0 Å². The van der Waals surface area contributed by atoms with E-state index in [4.69, 9.17) is 17.3 Å². The summed E-state index contributed by atoms with van der Waals surface area (Å²) < 4.78 is 39.1. The molecule has 0 radical (unpaired) electrons. The number of nitrogens with zero attached hydrogens (tertiary/aromatic N) is 1. The summed E-state index contributed by atoms with van der Waals surface area (Å²) in [5.41, 5.74) is 5.05. The number of Topliss-reactive ketones (excluding diaryl/α,β-unsaturated/α-hetero) is 1. The lowest BCUT2D eigenvalue weighted by atomic mass is 9.93. The second-order valence-corrected chi connectivity index (χ2v) is 9.08. The zero-order valence-corrected chi connectivity index (χ0v) is 19.2. The van der Waals surface area contributed by atoms with Crippen molar-refractivity contribution in [2.24, 2.45) is 11.7 Å². The molecule has 1 saturated heterocycles. The van der Waals surface area contributed by atoms with Crippen molar-refractivity contribution in [2.75, 3.05) is 11.4 Å². The molecule has 4 N–H and O–H groups in total. The predicted molar refractivity (Wildman–Crippen MR) is 118 cm³/mol. The standard InChI is InChI=1S/C22H24ClF3N4O5/c23-15(10-22(24,25)26)21(35)30(14-3-1-2-11(8-14)18(27)32)16(9-12-6-7-28-19(12)33)17(31)20(34)29-13-4-5-13/h1-3,8,12-13,15-16H,4-7,9-10H2,(H2,27,32)(H,28,33)(H,29,34)/t12-,15?,16-/m0/s1. The molecule has 1 heterocycles. The van der Waals surface area contributed by atoms with Crippen molar-refractivity contribution < 1.29 is 37.1 Å². The molecule has 3 atom stereocenters. The maximum absolute atomic E-state index is 13.3. The molecule has 3 rings (SSSR count). The summed E-state index contributed by atoms with van der Waals surface area (Å²) in [6.07, 6.45) is -5.20. The van der Waals surface area contributed by atoms with Gasteiger partial charge in [-0.05, 0) is 43.9 Å². The third-order valence-corrected chi connectivity index (χ3v) is 6.09. The predicted octanol–water partition coefficient (Wildman–Crippen LogP) is 1.42. The minimum atomic E-state index is -4.79. The monoisotopic (exact) mass is 516 g/mol. The molecule has 35 heavy (non-hydrogen) atoms. The van der Waals surface area contributed by atoms with Crippen LogP contribution in [0.2, 0.25) is 0 Å². The van der Waals surface area contributed by atoms with Crippen LogP contribution >= 0.6 is 11.6 Å². The van der Waals surface area contributed by atoms with Gasteiger partial charge in [0.1, 0.15) is 11.4 Å². The topological polar surface area (TPSA) is 139 Å². The molecule has 2 fully saturated rings. The Balaban J connectivity index is 2.05. The Morgan fingerprint density at radius 1 is 1.20 bits per heavy atom. The number of anilines is 1. The molecule has 9 nitrogen and oxygen atoms in total. The Kier molecular flexibility index (Phi) is 8.04. The van der Waals surface area contributed by atoms with Crippen LogP contribution in [0.4, 0.5) is 18.9 Å². The Morgan fingerprint density at radius 3 is 2.43 bits per heavy atom.